The van der Waals surface area contributed by atoms with Crippen molar-refractivity contribution in [2.75, 3.05) is 20.2 Å². The lowest BCUT2D eigenvalue weighted by molar-refractivity contribution is -0.138. The maximum absolute atomic E-state index is 10.9. The molecule has 5 heteroatoms. The highest BCUT2D eigenvalue weighted by Gasteiger charge is 2.14. The maximum atomic E-state index is 10.9. The summed E-state index contributed by atoms with van der Waals surface area (Å²) in [4.78, 5) is 12.8. The van der Waals surface area contributed by atoms with Gasteiger partial charge >= 0.3 is 5.97 Å². The summed E-state index contributed by atoms with van der Waals surface area (Å²) in [7, 11) is 1.59. The minimum Gasteiger partial charge on any atom is -0.496 e. The van der Waals surface area contributed by atoms with Crippen molar-refractivity contribution in [1.29, 1.82) is 0 Å². The number of hydrogen-bond acceptors (Lipinski definition) is 3. The van der Waals surface area contributed by atoms with E-state index in [0.717, 1.165) is 11.3 Å². The molecular weight excluding hydrogens is 266 g/mol. The average molecular weight is 286 g/mol. The topological polar surface area (TPSA) is 49.8 Å². The van der Waals surface area contributed by atoms with Crippen molar-refractivity contribution < 1.29 is 14.6 Å². The van der Waals surface area contributed by atoms with Gasteiger partial charge in [-0.1, -0.05) is 25.4 Å². The molecule has 1 N–H and O–H groups in total. The van der Waals surface area contributed by atoms with Crippen LogP contribution in [0.4, 0.5) is 0 Å². The lowest BCUT2D eigenvalue weighted by atomic mass is 10.1. The zero-order valence-electron chi connectivity index (χ0n) is 11.5. The van der Waals surface area contributed by atoms with E-state index in [1.54, 1.807) is 19.2 Å². The molecule has 0 saturated carbocycles. The first kappa shape index (κ1) is 15.8. The second-order valence-corrected chi connectivity index (χ2v) is 5.35. The fourth-order valence-electron chi connectivity index (χ4n) is 2.00. The summed E-state index contributed by atoms with van der Waals surface area (Å²) in [5, 5.41) is 9.58. The van der Waals surface area contributed by atoms with Crippen LogP contribution < -0.4 is 4.74 Å². The summed E-state index contributed by atoms with van der Waals surface area (Å²) in [5.41, 5.74) is 0.900. The third kappa shape index (κ3) is 5.49. The van der Waals surface area contributed by atoms with Gasteiger partial charge in [-0.05, 0) is 24.1 Å². The molecule has 0 heterocycles. The highest BCUT2D eigenvalue weighted by atomic mass is 35.5. The Kier molecular flexibility index (Phi) is 6.12. The predicted molar refractivity (Wildman–Crippen MR) is 75.8 cm³/mol. The van der Waals surface area contributed by atoms with Crippen LogP contribution in [0.5, 0.6) is 5.75 Å². The van der Waals surface area contributed by atoms with Crippen LogP contribution in [-0.4, -0.2) is 36.2 Å². The molecule has 0 amide bonds. The summed E-state index contributed by atoms with van der Waals surface area (Å²) in [6, 6.07) is 5.37. The molecule has 19 heavy (non-hydrogen) atoms. The smallest absolute Gasteiger partial charge is 0.317 e. The monoisotopic (exact) mass is 285 g/mol. The van der Waals surface area contributed by atoms with Crippen molar-refractivity contribution in [2.45, 2.75) is 20.4 Å². The van der Waals surface area contributed by atoms with E-state index < -0.39 is 5.97 Å². The predicted octanol–water partition coefficient (Wildman–Crippen LogP) is 2.89. The van der Waals surface area contributed by atoms with Crippen molar-refractivity contribution in [3.63, 3.8) is 0 Å². The molecule has 0 spiro atoms. The first-order valence-corrected chi connectivity index (χ1v) is 6.56. The van der Waals surface area contributed by atoms with Crippen LogP contribution in [0, 0.1) is 5.92 Å². The quantitative estimate of drug-likeness (QED) is 0.837. The summed E-state index contributed by atoms with van der Waals surface area (Å²) >= 11 is 5.98. The van der Waals surface area contributed by atoms with Gasteiger partial charge in [0.2, 0.25) is 0 Å². The number of methoxy groups -OCH3 is 1. The zero-order chi connectivity index (χ0) is 14.4. The second kappa shape index (κ2) is 7.36. The molecule has 0 aliphatic heterocycles. The number of rotatable bonds is 7. The maximum Gasteiger partial charge on any atom is 0.317 e. The summed E-state index contributed by atoms with van der Waals surface area (Å²) in [5.74, 6) is 0.287. The van der Waals surface area contributed by atoms with E-state index >= 15 is 0 Å². The van der Waals surface area contributed by atoms with Crippen molar-refractivity contribution in [3.05, 3.63) is 28.8 Å². The molecule has 0 aromatic heterocycles. The van der Waals surface area contributed by atoms with Gasteiger partial charge in [0.1, 0.15) is 5.75 Å². The van der Waals surface area contributed by atoms with Crippen LogP contribution in [0.3, 0.4) is 0 Å². The Labute approximate surface area is 118 Å². The van der Waals surface area contributed by atoms with Gasteiger partial charge in [-0.15, -0.1) is 0 Å². The van der Waals surface area contributed by atoms with Crippen molar-refractivity contribution in [3.8, 4) is 5.75 Å². The molecule has 1 aromatic carbocycles. The fourth-order valence-corrected chi connectivity index (χ4v) is 2.20. The number of halogens is 1. The zero-order valence-corrected chi connectivity index (χ0v) is 12.3. The summed E-state index contributed by atoms with van der Waals surface area (Å²) < 4.78 is 5.28. The Balaban J connectivity index is 2.88. The molecule has 106 valence electrons. The van der Waals surface area contributed by atoms with Crippen LogP contribution in [0.25, 0.3) is 0 Å². The molecule has 0 radical (unpaired) electrons. The number of carboxylic acid groups (broad SMARTS) is 1. The summed E-state index contributed by atoms with van der Waals surface area (Å²) in [6.45, 7) is 5.35. The fraction of sp³-hybridized carbons (Fsp3) is 0.500. The number of carbonyl (C=O) groups is 1. The molecular formula is C14H20ClNO3. The van der Waals surface area contributed by atoms with Crippen LogP contribution in [-0.2, 0) is 11.3 Å². The highest BCUT2D eigenvalue weighted by molar-refractivity contribution is 6.30. The van der Waals surface area contributed by atoms with Gasteiger partial charge in [0.25, 0.3) is 0 Å². The van der Waals surface area contributed by atoms with E-state index in [9.17, 15) is 4.79 Å². The third-order valence-corrected chi connectivity index (χ3v) is 2.85. The number of carboxylic acids is 1. The van der Waals surface area contributed by atoms with Gasteiger partial charge in [0.05, 0.1) is 13.7 Å². The van der Waals surface area contributed by atoms with Crippen molar-refractivity contribution in [1.82, 2.24) is 4.90 Å². The lowest BCUT2D eigenvalue weighted by Crippen LogP contribution is -2.32. The molecule has 0 saturated heterocycles. The van der Waals surface area contributed by atoms with Crippen molar-refractivity contribution >= 4 is 17.6 Å². The van der Waals surface area contributed by atoms with Gasteiger partial charge in [-0.3, -0.25) is 9.69 Å². The van der Waals surface area contributed by atoms with E-state index in [0.29, 0.717) is 24.0 Å². The third-order valence-electron chi connectivity index (χ3n) is 2.62. The van der Waals surface area contributed by atoms with Crippen LogP contribution in [0.2, 0.25) is 5.02 Å². The summed E-state index contributed by atoms with van der Waals surface area (Å²) in [6.07, 6.45) is 0. The number of nitrogens with zero attached hydrogens (tertiary/aromatic N) is 1. The van der Waals surface area contributed by atoms with Crippen molar-refractivity contribution in [2.24, 2.45) is 5.92 Å². The van der Waals surface area contributed by atoms with Gasteiger partial charge < -0.3 is 9.84 Å². The molecule has 0 atom stereocenters. The van der Waals surface area contributed by atoms with Crippen LogP contribution >= 0.6 is 11.6 Å². The SMILES string of the molecule is COc1ccc(Cl)cc1CN(CC(=O)O)CC(C)C. The Hall–Kier alpha value is -1.26. The van der Waals surface area contributed by atoms with E-state index in [-0.39, 0.29) is 6.54 Å². The number of ether oxygens (including phenoxy) is 1. The lowest BCUT2D eigenvalue weighted by Gasteiger charge is -2.23. The Bertz CT molecular complexity index is 435. The Morgan fingerprint density at radius 3 is 2.68 bits per heavy atom. The van der Waals surface area contributed by atoms with Crippen LogP contribution in [0.1, 0.15) is 19.4 Å². The highest BCUT2D eigenvalue weighted by Crippen LogP contribution is 2.24. The minimum atomic E-state index is -0.832. The standard InChI is InChI=1S/C14H20ClNO3/c1-10(2)7-16(9-14(17)18)8-11-6-12(15)4-5-13(11)19-3/h4-6,10H,7-9H2,1-3H3,(H,17,18). The molecule has 1 aromatic rings. The molecule has 0 bridgehead atoms. The number of aliphatic carboxylic acids is 1. The van der Waals surface area contributed by atoms with E-state index in [1.807, 2.05) is 11.0 Å². The molecule has 4 nitrogen and oxygen atoms in total. The Morgan fingerprint density at radius 2 is 2.16 bits per heavy atom. The molecule has 1 rings (SSSR count). The number of hydrogen-bond donors (Lipinski definition) is 1. The van der Waals surface area contributed by atoms with Gasteiger partial charge in [0.15, 0.2) is 0 Å². The molecule has 0 fully saturated rings. The molecule has 0 aliphatic carbocycles. The van der Waals surface area contributed by atoms with Gasteiger partial charge in [0, 0.05) is 23.7 Å². The van der Waals surface area contributed by atoms with Gasteiger partial charge in [-0.25, -0.2) is 0 Å². The first-order chi connectivity index (χ1) is 8.92. The molecule has 0 aliphatic rings. The van der Waals surface area contributed by atoms with Gasteiger partial charge in [-0.2, -0.15) is 0 Å². The first-order valence-electron chi connectivity index (χ1n) is 6.19. The normalized spacial score (nSPS) is 11.1. The second-order valence-electron chi connectivity index (χ2n) is 4.91. The number of benzene rings is 1. The Morgan fingerprint density at radius 1 is 1.47 bits per heavy atom. The van der Waals surface area contributed by atoms with E-state index in [4.69, 9.17) is 21.4 Å². The molecule has 0 unspecified atom stereocenters. The van der Waals surface area contributed by atoms with E-state index in [2.05, 4.69) is 13.8 Å². The van der Waals surface area contributed by atoms with Crippen LogP contribution in [0.15, 0.2) is 18.2 Å². The largest absolute Gasteiger partial charge is 0.496 e. The minimum absolute atomic E-state index is 0.00779. The van der Waals surface area contributed by atoms with E-state index in [1.165, 1.54) is 0 Å². The average Bonchev–Trinajstić information content (AvgIpc) is 2.27.